The number of pyridine rings is 3. The van der Waals surface area contributed by atoms with Crippen LogP contribution < -0.4 is 55.1 Å². The van der Waals surface area contributed by atoms with Crippen LogP contribution in [-0.2, 0) is 58.5 Å². The average Bonchev–Trinajstić information content (AvgIpc) is 1.27. The van der Waals surface area contributed by atoms with E-state index in [0.29, 0.717) is 133 Å². The summed E-state index contributed by atoms with van der Waals surface area (Å²) in [5.74, 6) is 2.45. The van der Waals surface area contributed by atoms with Gasteiger partial charge >= 0.3 is 37.8 Å². The first-order valence-electron chi connectivity index (χ1n) is 39.6. The largest absolute Gasteiger partial charge is 0.490 e. The molecule has 4 aliphatic rings. The summed E-state index contributed by atoms with van der Waals surface area (Å²) in [4.78, 5) is 92.8. The fourth-order valence-electron chi connectivity index (χ4n) is 13.9. The summed E-state index contributed by atoms with van der Waals surface area (Å²) in [5, 5.41) is 14.4. The van der Waals surface area contributed by atoms with E-state index in [2.05, 4.69) is 67.1 Å². The minimum absolute atomic E-state index is 0.00320. The van der Waals surface area contributed by atoms with E-state index < -0.39 is 70.6 Å². The maximum Gasteiger partial charge on any atom is 0.490 e. The van der Waals surface area contributed by atoms with Gasteiger partial charge in [0.2, 0.25) is 0 Å². The van der Waals surface area contributed by atoms with Crippen molar-refractivity contribution < 1.29 is 67.9 Å². The zero-order valence-electron chi connectivity index (χ0n) is 71.9. The molecule has 6 aromatic heterocycles. The molecule has 3 atom stereocenters. The molecule has 3 aromatic carbocycles. The second-order valence-electron chi connectivity index (χ2n) is 33.7. The third-order valence-electron chi connectivity index (χ3n) is 21.0. The van der Waals surface area contributed by atoms with E-state index >= 15 is 0 Å². The van der Waals surface area contributed by atoms with E-state index in [0.717, 1.165) is 72.4 Å². The Morgan fingerprint density at radius 3 is 1.15 bits per heavy atom. The Labute approximate surface area is 713 Å². The van der Waals surface area contributed by atoms with Gasteiger partial charge in [0.1, 0.15) is 63.1 Å². The molecule has 27 nitrogen and oxygen atoms in total. The second-order valence-corrected chi connectivity index (χ2v) is 34.5. The Morgan fingerprint density at radius 2 is 0.837 bits per heavy atom. The highest BCUT2D eigenvalue weighted by atomic mass is 79.9. The number of hydrogen-bond donors (Lipinski definition) is 7. The number of nitrogens with two attached hydrogens (primary N) is 3. The smallest absolute Gasteiger partial charge is 0.444 e. The van der Waals surface area contributed by atoms with Gasteiger partial charge in [-0.25, -0.2) is 39.5 Å². The lowest BCUT2D eigenvalue weighted by Gasteiger charge is -2.32. The highest BCUT2D eigenvalue weighted by Gasteiger charge is 2.53. The van der Waals surface area contributed by atoms with Gasteiger partial charge in [0, 0.05) is 82.1 Å². The van der Waals surface area contributed by atoms with Gasteiger partial charge in [-0.05, 0) is 259 Å². The molecule has 4 aliphatic heterocycles. The molecule has 0 radical (unpaired) electrons. The quantitative estimate of drug-likeness (QED) is 0.0339. The summed E-state index contributed by atoms with van der Waals surface area (Å²) in [6.45, 7) is 32.7. The summed E-state index contributed by atoms with van der Waals surface area (Å²) in [7, 11) is 4.54. The molecule has 0 bridgehead atoms. The van der Waals surface area contributed by atoms with Crippen LogP contribution in [0.25, 0.3) is 44.2 Å². The van der Waals surface area contributed by atoms with E-state index in [-0.39, 0.29) is 64.7 Å². The minimum atomic E-state index is -4.54. The van der Waals surface area contributed by atoms with Crippen LogP contribution in [0.4, 0.5) is 83.6 Å². The molecule has 123 heavy (non-hydrogen) atoms. The number of amides is 2. The number of fused-ring (bicyclic) bond motifs is 3. The Kier molecular flexibility index (Phi) is 27.8. The van der Waals surface area contributed by atoms with E-state index in [1.54, 1.807) is 111 Å². The molecule has 1 saturated heterocycles. The zero-order valence-corrected chi connectivity index (χ0v) is 73.5. The number of nitrogens with one attached hydrogen (secondary N) is 4. The van der Waals surface area contributed by atoms with Crippen LogP contribution in [0.15, 0.2) is 115 Å². The van der Waals surface area contributed by atoms with Crippen molar-refractivity contribution in [1.29, 1.82) is 0 Å². The number of aromatic nitrogens is 9. The van der Waals surface area contributed by atoms with Gasteiger partial charge < -0.3 is 67.1 Å². The Bertz CT molecular complexity index is 5820. The molecule has 38 heteroatoms. The van der Waals surface area contributed by atoms with E-state index in [4.69, 9.17) is 36.0 Å². The number of ether oxygens (including phenoxy) is 2. The molecule has 0 unspecified atom stereocenters. The van der Waals surface area contributed by atoms with Gasteiger partial charge in [0.25, 0.3) is 16.7 Å². The molecule has 660 valence electrons. The molecule has 9 aromatic rings. The van der Waals surface area contributed by atoms with Crippen LogP contribution in [0.1, 0.15) is 189 Å². The molecule has 0 spiro atoms. The van der Waals surface area contributed by atoms with Gasteiger partial charge in [0.05, 0.1) is 66.6 Å². The third-order valence-corrected chi connectivity index (χ3v) is 21.6. The number of aryl methyl sites for hydroxylation is 6. The number of hydrogen-bond acceptors (Lipinski definition) is 22. The van der Waals surface area contributed by atoms with E-state index in [1.165, 1.54) is 31.9 Å². The first kappa shape index (κ1) is 94.1. The summed E-state index contributed by atoms with van der Waals surface area (Å²) in [6, 6.07) is 13.7. The molecule has 0 aliphatic carbocycles. The number of carbonyl (C=O) groups excluding carboxylic acids is 2. The van der Waals surface area contributed by atoms with E-state index in [1.807, 2.05) is 66.7 Å². The number of nitrogen functional groups attached to an aromatic ring is 3. The van der Waals surface area contributed by atoms with Crippen LogP contribution >= 0.6 is 15.9 Å². The van der Waals surface area contributed by atoms with Crippen molar-refractivity contribution in [3.05, 3.63) is 194 Å². The fraction of sp³-hybridized carbons (Fsp3) is 0.447. The molecular weight excluding hydrogens is 1680 g/mol. The highest BCUT2D eigenvalue weighted by Crippen LogP contribution is 2.42. The van der Waals surface area contributed by atoms with Gasteiger partial charge in [-0.2, -0.15) is 39.5 Å². The Hall–Kier alpha value is -11.1. The molecular formula is C85H103BBrF9N18O9. The zero-order chi connectivity index (χ0) is 91.0. The lowest BCUT2D eigenvalue weighted by molar-refractivity contribution is -0.138. The molecule has 2 amide bonds. The number of alkyl halides is 9. The van der Waals surface area contributed by atoms with Crippen molar-refractivity contribution in [1.82, 2.24) is 58.7 Å². The van der Waals surface area contributed by atoms with Crippen LogP contribution in [0, 0.1) is 20.8 Å². The van der Waals surface area contributed by atoms with Crippen molar-refractivity contribution in [3.8, 4) is 0 Å². The topological polar surface area (TPSA) is 347 Å². The normalized spacial score (nSPS) is 16.3. The van der Waals surface area contributed by atoms with Crippen LogP contribution in [0.3, 0.4) is 0 Å². The lowest BCUT2D eigenvalue weighted by Crippen LogP contribution is -2.41. The fourth-order valence-corrected chi connectivity index (χ4v) is 14.4. The number of halogens is 10. The first-order chi connectivity index (χ1) is 57.0. The Balaban J connectivity index is 0.000000175. The van der Waals surface area contributed by atoms with Crippen molar-refractivity contribution in [3.63, 3.8) is 0 Å². The number of nitrogens with zero attached hydrogens (tertiary/aromatic N) is 11. The number of anilines is 6. The number of carbonyl (C=O) groups is 2. The Morgan fingerprint density at radius 1 is 0.496 bits per heavy atom. The third kappa shape index (κ3) is 22.8. The van der Waals surface area contributed by atoms with Crippen LogP contribution in [0.5, 0.6) is 0 Å². The lowest BCUT2D eigenvalue weighted by atomic mass is 9.75. The number of rotatable bonds is 12. The predicted molar refractivity (Wildman–Crippen MR) is 462 cm³/mol. The van der Waals surface area contributed by atoms with Crippen LogP contribution in [-0.4, -0.2) is 134 Å². The summed E-state index contributed by atoms with van der Waals surface area (Å²) >= 11 is 3.21. The van der Waals surface area contributed by atoms with Crippen molar-refractivity contribution >= 4 is 114 Å². The van der Waals surface area contributed by atoms with Gasteiger partial charge in [-0.1, -0.05) is 18.2 Å². The predicted octanol–water partition coefficient (Wildman–Crippen LogP) is 16.6. The maximum absolute atomic E-state index is 13.4. The minimum Gasteiger partial charge on any atom is -0.444 e. The van der Waals surface area contributed by atoms with Crippen LogP contribution in [0.2, 0.25) is 0 Å². The number of benzene rings is 3. The molecule has 10 heterocycles. The molecule has 10 N–H and O–H groups in total. The first-order valence-corrected chi connectivity index (χ1v) is 40.4. The second kappa shape index (κ2) is 36.4. The summed E-state index contributed by atoms with van der Waals surface area (Å²) in [5.41, 5.74) is 18.5. The molecule has 13 rings (SSSR count). The average molecular weight is 1780 g/mol. The molecule has 1 fully saturated rings. The van der Waals surface area contributed by atoms with Crippen molar-refractivity contribution in [2.45, 2.75) is 189 Å². The maximum atomic E-state index is 13.4. The SMILES string of the molecule is CC(C)(C)OC(=O)N1CC=C(B2OC(C)(C)C(C)(C)O2)CC1.Cc1nc(N[C@H](C)c2cc(N)cc(C(F)(F)F)c2)c2cc(Br)c(=O)n(C)c2n1.Cc1nc(N[C@H](C)c2cc(N)cc(C(F)(F)F)c2)c2cc(C3=CCN(C(=O)OC(C)(C)C)CC3)c(=O)n(C)c2n1.Cc1nc(N[C@H](C)c2cc(N)cc(C(F)(F)F)c2)c2cc(C3=CCNCC3)c(=O)n(C)c2n1. The summed E-state index contributed by atoms with van der Waals surface area (Å²) < 4.78 is 147. The van der Waals surface area contributed by atoms with Gasteiger partial charge in [0.15, 0.2) is 0 Å². The van der Waals surface area contributed by atoms with Crippen molar-refractivity contribution in [2.24, 2.45) is 21.1 Å². The summed E-state index contributed by atoms with van der Waals surface area (Å²) in [6.07, 6.45) is -6.48. The van der Waals surface area contributed by atoms with Gasteiger partial charge in [-0.15, -0.1) is 0 Å². The van der Waals surface area contributed by atoms with Crippen molar-refractivity contribution in [2.75, 3.05) is 72.4 Å². The highest BCUT2D eigenvalue weighted by molar-refractivity contribution is 9.10. The molecule has 0 saturated carbocycles. The van der Waals surface area contributed by atoms with Gasteiger partial charge in [-0.3, -0.25) is 28.1 Å². The standard InChI is InChI=1S/C28H33F3N6O3.C23H25F3N6O.C18H17BrF3N5O.C16H28BNO4/c1-15(18-11-19(28(29,30)31)13-20(32)12-18)33-23-22-14-21(25(38)36(6)24(22)35-16(2)34-23)17-7-9-37(10-8-17)26(39)40-27(3,4)5;1-12(15-8-16(23(24,25)26)10-17(27)9-15)29-20-19-11-18(14-4-6-28-7-5-14)22(33)32(3)21(19)31-13(2)30-20;1-8(10-4-11(18(20,21)22)6-12(23)5-10)24-15-13-7-14(19)17(28)27(3)16(13)26-9(2)25-15;1-14(2,3)20-13(19)18-10-8-12(9-11-18)17-21-15(4,5)16(6,7)22-17/h7,11-15H,8-10,32H2,1-6H3,(H,33,34,35);4,8-12,28H,5-7,27H2,1-3H3,(H,29,30,31);4-8H,23H2,1-3H3,(H,24,25,26);8H,9-11H2,1-7H3/t15-;12-;8-;/m111./s1. The van der Waals surface area contributed by atoms with E-state index in [9.17, 15) is 63.5 Å². The monoisotopic (exact) mass is 1780 g/mol.